The molecule has 0 aliphatic heterocycles. The van der Waals surface area contributed by atoms with Crippen molar-refractivity contribution in [3.05, 3.63) is 0 Å². The summed E-state index contributed by atoms with van der Waals surface area (Å²) in [6.45, 7) is 2.29. The summed E-state index contributed by atoms with van der Waals surface area (Å²) in [6, 6.07) is 0. The Balaban J connectivity index is 1.90. The Kier molecular flexibility index (Phi) is 2.92. The van der Waals surface area contributed by atoms with Gasteiger partial charge in [0.2, 0.25) is 0 Å². The summed E-state index contributed by atoms with van der Waals surface area (Å²) in [6.07, 6.45) is 9.09. The SMILES string of the molecule is CCCC1CCC(O)CC1C1CC1. The molecule has 2 saturated carbocycles. The Morgan fingerprint density at radius 1 is 1.15 bits per heavy atom. The van der Waals surface area contributed by atoms with Gasteiger partial charge in [0.1, 0.15) is 0 Å². The molecule has 2 aliphatic carbocycles. The van der Waals surface area contributed by atoms with Crippen LogP contribution in [0.25, 0.3) is 0 Å². The van der Waals surface area contributed by atoms with E-state index >= 15 is 0 Å². The molecule has 1 N–H and O–H groups in total. The van der Waals surface area contributed by atoms with Crippen molar-refractivity contribution in [2.45, 2.75) is 58.0 Å². The van der Waals surface area contributed by atoms with Crippen LogP contribution in [0.1, 0.15) is 51.9 Å². The highest BCUT2D eigenvalue weighted by Gasteiger charge is 2.39. The Labute approximate surface area is 81.5 Å². The van der Waals surface area contributed by atoms with Crippen LogP contribution in [-0.2, 0) is 0 Å². The van der Waals surface area contributed by atoms with E-state index in [2.05, 4.69) is 6.92 Å². The molecule has 2 fully saturated rings. The second kappa shape index (κ2) is 4.00. The minimum atomic E-state index is 0.0266. The summed E-state index contributed by atoms with van der Waals surface area (Å²) in [7, 11) is 0. The number of hydrogen-bond acceptors (Lipinski definition) is 1. The third-order valence-electron chi connectivity index (χ3n) is 3.91. The summed E-state index contributed by atoms with van der Waals surface area (Å²) in [5, 5.41) is 9.64. The zero-order chi connectivity index (χ0) is 9.26. The van der Waals surface area contributed by atoms with Gasteiger partial charge in [-0.2, -0.15) is 0 Å². The van der Waals surface area contributed by atoms with Gasteiger partial charge in [0.25, 0.3) is 0 Å². The quantitative estimate of drug-likeness (QED) is 0.711. The first-order valence-electron chi connectivity index (χ1n) is 5.99. The average molecular weight is 182 g/mol. The lowest BCUT2D eigenvalue weighted by molar-refractivity contribution is 0.0562. The third-order valence-corrected chi connectivity index (χ3v) is 3.91. The lowest BCUT2D eigenvalue weighted by Gasteiger charge is -2.34. The number of hydrogen-bond donors (Lipinski definition) is 1. The third kappa shape index (κ3) is 2.25. The van der Waals surface area contributed by atoms with Crippen LogP contribution in [0.4, 0.5) is 0 Å². The minimum Gasteiger partial charge on any atom is -0.393 e. The molecule has 3 unspecified atom stereocenters. The van der Waals surface area contributed by atoms with Gasteiger partial charge >= 0.3 is 0 Å². The van der Waals surface area contributed by atoms with E-state index in [1.54, 1.807) is 0 Å². The Morgan fingerprint density at radius 2 is 1.92 bits per heavy atom. The van der Waals surface area contributed by atoms with E-state index in [0.29, 0.717) is 0 Å². The van der Waals surface area contributed by atoms with Crippen molar-refractivity contribution in [3.63, 3.8) is 0 Å². The molecule has 0 aromatic heterocycles. The minimum absolute atomic E-state index is 0.0266. The van der Waals surface area contributed by atoms with Gasteiger partial charge in [0.05, 0.1) is 6.10 Å². The standard InChI is InChI=1S/C12H22O/c1-2-3-9-6-7-11(13)8-12(9)10-4-5-10/h9-13H,2-8H2,1H3. The monoisotopic (exact) mass is 182 g/mol. The van der Waals surface area contributed by atoms with Gasteiger partial charge in [-0.15, -0.1) is 0 Å². The molecule has 0 spiro atoms. The van der Waals surface area contributed by atoms with Crippen molar-refractivity contribution in [2.24, 2.45) is 17.8 Å². The molecule has 3 atom stereocenters. The molecule has 0 aromatic carbocycles. The van der Waals surface area contributed by atoms with Crippen LogP contribution in [0.5, 0.6) is 0 Å². The van der Waals surface area contributed by atoms with Crippen LogP contribution in [0.15, 0.2) is 0 Å². The van der Waals surface area contributed by atoms with E-state index in [1.165, 1.54) is 32.1 Å². The van der Waals surface area contributed by atoms with Crippen molar-refractivity contribution in [1.29, 1.82) is 0 Å². The van der Waals surface area contributed by atoms with E-state index in [-0.39, 0.29) is 6.10 Å². The Morgan fingerprint density at radius 3 is 2.54 bits per heavy atom. The highest BCUT2D eigenvalue weighted by Crippen LogP contribution is 2.47. The van der Waals surface area contributed by atoms with Gasteiger partial charge in [-0.25, -0.2) is 0 Å². The van der Waals surface area contributed by atoms with Crippen molar-refractivity contribution in [1.82, 2.24) is 0 Å². The molecule has 0 aromatic rings. The second-order valence-corrected chi connectivity index (χ2v) is 5.02. The molecule has 0 bridgehead atoms. The second-order valence-electron chi connectivity index (χ2n) is 5.02. The summed E-state index contributed by atoms with van der Waals surface area (Å²) >= 11 is 0. The Hall–Kier alpha value is -0.0400. The highest BCUT2D eigenvalue weighted by atomic mass is 16.3. The average Bonchev–Trinajstić information content (AvgIpc) is 2.91. The van der Waals surface area contributed by atoms with Crippen LogP contribution >= 0.6 is 0 Å². The molecule has 0 amide bonds. The van der Waals surface area contributed by atoms with Crippen LogP contribution in [-0.4, -0.2) is 11.2 Å². The van der Waals surface area contributed by atoms with Gasteiger partial charge in [0.15, 0.2) is 0 Å². The molecule has 76 valence electrons. The van der Waals surface area contributed by atoms with E-state index < -0.39 is 0 Å². The molecule has 2 rings (SSSR count). The molecule has 13 heavy (non-hydrogen) atoms. The molecule has 1 nitrogen and oxygen atoms in total. The summed E-state index contributed by atoms with van der Waals surface area (Å²) in [5.41, 5.74) is 0. The van der Waals surface area contributed by atoms with Gasteiger partial charge < -0.3 is 5.11 Å². The van der Waals surface area contributed by atoms with Gasteiger partial charge in [0, 0.05) is 0 Å². The molecule has 2 aliphatic rings. The summed E-state index contributed by atoms with van der Waals surface area (Å²) < 4.78 is 0. The predicted molar refractivity (Wildman–Crippen MR) is 54.5 cm³/mol. The fourth-order valence-corrected chi connectivity index (χ4v) is 3.08. The first kappa shape index (κ1) is 9.51. The first-order chi connectivity index (χ1) is 6.31. The van der Waals surface area contributed by atoms with Gasteiger partial charge in [-0.05, 0) is 49.9 Å². The van der Waals surface area contributed by atoms with E-state index in [4.69, 9.17) is 0 Å². The van der Waals surface area contributed by atoms with Gasteiger partial charge in [-0.3, -0.25) is 0 Å². The molecule has 0 heterocycles. The maximum atomic E-state index is 9.64. The van der Waals surface area contributed by atoms with Crippen LogP contribution < -0.4 is 0 Å². The maximum absolute atomic E-state index is 9.64. The lowest BCUT2D eigenvalue weighted by atomic mass is 9.73. The zero-order valence-electron chi connectivity index (χ0n) is 8.71. The predicted octanol–water partition coefficient (Wildman–Crippen LogP) is 2.97. The van der Waals surface area contributed by atoms with E-state index in [0.717, 1.165) is 30.6 Å². The summed E-state index contributed by atoms with van der Waals surface area (Å²) in [5.74, 6) is 2.82. The van der Waals surface area contributed by atoms with Crippen molar-refractivity contribution >= 4 is 0 Å². The van der Waals surface area contributed by atoms with Crippen molar-refractivity contribution in [3.8, 4) is 0 Å². The van der Waals surface area contributed by atoms with Crippen molar-refractivity contribution < 1.29 is 5.11 Å². The normalized spacial score (nSPS) is 40.6. The number of aliphatic hydroxyl groups excluding tert-OH is 1. The summed E-state index contributed by atoms with van der Waals surface area (Å²) in [4.78, 5) is 0. The van der Waals surface area contributed by atoms with E-state index in [1.807, 2.05) is 0 Å². The van der Waals surface area contributed by atoms with Crippen LogP contribution in [0.3, 0.4) is 0 Å². The lowest BCUT2D eigenvalue weighted by Crippen LogP contribution is -2.29. The molecule has 0 saturated heterocycles. The molecule has 1 heteroatoms. The molecular weight excluding hydrogens is 160 g/mol. The zero-order valence-corrected chi connectivity index (χ0v) is 8.71. The maximum Gasteiger partial charge on any atom is 0.0543 e. The molecule has 0 radical (unpaired) electrons. The number of rotatable bonds is 3. The van der Waals surface area contributed by atoms with Gasteiger partial charge in [-0.1, -0.05) is 19.8 Å². The largest absolute Gasteiger partial charge is 0.393 e. The van der Waals surface area contributed by atoms with Crippen molar-refractivity contribution in [2.75, 3.05) is 0 Å². The number of aliphatic hydroxyl groups is 1. The fraction of sp³-hybridized carbons (Fsp3) is 1.00. The topological polar surface area (TPSA) is 20.2 Å². The van der Waals surface area contributed by atoms with E-state index in [9.17, 15) is 5.11 Å². The first-order valence-corrected chi connectivity index (χ1v) is 5.99. The highest BCUT2D eigenvalue weighted by molar-refractivity contribution is 4.90. The fourth-order valence-electron chi connectivity index (χ4n) is 3.08. The Bertz CT molecular complexity index is 163. The molecular formula is C12H22O. The van der Waals surface area contributed by atoms with Crippen LogP contribution in [0.2, 0.25) is 0 Å². The smallest absolute Gasteiger partial charge is 0.0543 e. The van der Waals surface area contributed by atoms with Crippen LogP contribution in [0, 0.1) is 17.8 Å².